The number of Topliss-reactive ketones (excluding diaryl/α,β-unsaturated/α-hetero) is 1. The molecule has 1 aliphatic heterocycles. The van der Waals surface area contributed by atoms with E-state index < -0.39 is 74.4 Å². The number of nitrogens with zero attached hydrogens (tertiary/aromatic N) is 2. The molecule has 34 heavy (non-hydrogen) atoms. The lowest BCUT2D eigenvalue weighted by Gasteiger charge is -2.24. The Bertz CT molecular complexity index is 1320. The molecule has 0 N–H and O–H groups in total. The smallest absolute Gasteiger partial charge is 0.329 e. The number of halogens is 1. The van der Waals surface area contributed by atoms with Crippen LogP contribution in [0.3, 0.4) is 0 Å². The minimum Gasteiger partial charge on any atom is -0.456 e. The van der Waals surface area contributed by atoms with Gasteiger partial charge in [0.15, 0.2) is 6.61 Å². The summed E-state index contributed by atoms with van der Waals surface area (Å²) >= 11 is 5.95. The maximum absolute atomic E-state index is 13.0. The average Bonchev–Trinajstić information content (AvgIpc) is 3.02. The minimum atomic E-state index is -3.64. The number of carbonyl (C=O) groups is 4. The molecule has 11 nitrogen and oxygen atoms in total. The predicted octanol–water partition coefficient (Wildman–Crippen LogP) is 2.07. The molecule has 0 spiro atoms. The molecule has 0 saturated heterocycles. The number of imide groups is 1. The van der Waals surface area contributed by atoms with Gasteiger partial charge in [-0.25, -0.2) is 13.2 Å². The van der Waals surface area contributed by atoms with Crippen LogP contribution in [0.15, 0.2) is 42.5 Å². The lowest BCUT2D eigenvalue weighted by Crippen LogP contribution is -2.47. The second-order valence-corrected chi connectivity index (χ2v) is 10.0. The topological polar surface area (TPSA) is 158 Å². The summed E-state index contributed by atoms with van der Waals surface area (Å²) in [5, 5.41) is 11.4. The molecular weight excluding hydrogens is 492 g/mol. The van der Waals surface area contributed by atoms with Crippen molar-refractivity contribution in [1.82, 2.24) is 4.90 Å². The third-order valence-corrected chi connectivity index (χ3v) is 6.29. The van der Waals surface area contributed by atoms with Crippen molar-refractivity contribution in [1.29, 1.82) is 0 Å². The zero-order valence-electron chi connectivity index (χ0n) is 17.6. The van der Waals surface area contributed by atoms with Crippen molar-refractivity contribution < 1.29 is 37.3 Å². The average molecular weight is 509 g/mol. The number of nitro benzene ring substituents is 1. The first kappa shape index (κ1) is 25.0. The van der Waals surface area contributed by atoms with Gasteiger partial charge in [0, 0.05) is 17.9 Å². The predicted molar refractivity (Wildman–Crippen MR) is 118 cm³/mol. The Hall–Kier alpha value is -3.64. The summed E-state index contributed by atoms with van der Waals surface area (Å²) in [5.74, 6) is -4.64. The Labute approximate surface area is 198 Å². The Kier molecular flexibility index (Phi) is 7.12. The number of amides is 2. The molecule has 3 rings (SSSR count). The van der Waals surface area contributed by atoms with Gasteiger partial charge in [-0.05, 0) is 24.6 Å². The zero-order chi connectivity index (χ0) is 25.2. The van der Waals surface area contributed by atoms with Crippen LogP contribution in [0.25, 0.3) is 0 Å². The second kappa shape index (κ2) is 9.69. The summed E-state index contributed by atoms with van der Waals surface area (Å²) < 4.78 is 28.4. The van der Waals surface area contributed by atoms with Gasteiger partial charge in [-0.2, -0.15) is 0 Å². The molecule has 0 aromatic heterocycles. The largest absolute Gasteiger partial charge is 0.456 e. The van der Waals surface area contributed by atoms with E-state index in [9.17, 15) is 37.7 Å². The van der Waals surface area contributed by atoms with E-state index >= 15 is 0 Å². The first-order valence-corrected chi connectivity index (χ1v) is 12.1. The maximum Gasteiger partial charge on any atom is 0.329 e. The highest BCUT2D eigenvalue weighted by molar-refractivity contribution is 7.90. The van der Waals surface area contributed by atoms with Crippen LogP contribution in [0.4, 0.5) is 5.69 Å². The molecule has 0 aliphatic carbocycles. The van der Waals surface area contributed by atoms with E-state index in [4.69, 9.17) is 16.3 Å². The van der Waals surface area contributed by atoms with Crippen LogP contribution in [-0.2, 0) is 19.4 Å². The number of hydrogen-bond donors (Lipinski definition) is 0. The third-order valence-electron chi connectivity index (χ3n) is 4.99. The maximum atomic E-state index is 13.0. The van der Waals surface area contributed by atoms with Gasteiger partial charge < -0.3 is 4.74 Å². The standard InChI is InChI=1S/C21H17ClN2O9S/c1-34(31,32)10-9-16(21(28)33-11-17(25)12-5-2-3-7-14(12)22)23-19(26)13-6-4-8-15(24(29)30)18(13)20(23)27/h2-8,16H,9-11H2,1H3/t16-/m0/s1. The molecule has 0 fully saturated rings. The molecule has 0 bridgehead atoms. The SMILES string of the molecule is CS(=O)(=O)CC[C@@H](C(=O)OCC(=O)c1ccccc1Cl)N1C(=O)c2cccc([N+](=O)[O-])c2C1=O. The third kappa shape index (κ3) is 5.13. The van der Waals surface area contributed by atoms with E-state index in [2.05, 4.69) is 0 Å². The Morgan fingerprint density at radius 3 is 2.41 bits per heavy atom. The number of ether oxygens (including phenoxy) is 1. The van der Waals surface area contributed by atoms with Gasteiger partial charge in [0.05, 0.1) is 21.3 Å². The highest BCUT2D eigenvalue weighted by Gasteiger charge is 2.47. The number of fused-ring (bicyclic) bond motifs is 1. The van der Waals surface area contributed by atoms with Crippen LogP contribution in [0.1, 0.15) is 37.5 Å². The molecule has 13 heteroatoms. The van der Waals surface area contributed by atoms with Gasteiger partial charge in [0.25, 0.3) is 17.5 Å². The number of benzene rings is 2. The first-order chi connectivity index (χ1) is 15.9. The number of esters is 1. The number of nitro groups is 1. The van der Waals surface area contributed by atoms with Crippen LogP contribution < -0.4 is 0 Å². The lowest BCUT2D eigenvalue weighted by molar-refractivity contribution is -0.385. The Balaban J connectivity index is 1.89. The quantitative estimate of drug-likeness (QED) is 0.162. The van der Waals surface area contributed by atoms with Gasteiger partial charge in [-0.3, -0.25) is 29.4 Å². The highest BCUT2D eigenvalue weighted by Crippen LogP contribution is 2.33. The van der Waals surface area contributed by atoms with Crippen LogP contribution in [0, 0.1) is 10.1 Å². The Morgan fingerprint density at radius 1 is 1.12 bits per heavy atom. The fourth-order valence-corrected chi connectivity index (χ4v) is 4.29. The summed E-state index contributed by atoms with van der Waals surface area (Å²) in [6.07, 6.45) is 0.362. The van der Waals surface area contributed by atoms with Gasteiger partial charge in [-0.15, -0.1) is 0 Å². The van der Waals surface area contributed by atoms with E-state index in [-0.39, 0.29) is 16.1 Å². The van der Waals surface area contributed by atoms with Crippen molar-refractivity contribution in [2.75, 3.05) is 18.6 Å². The van der Waals surface area contributed by atoms with Crippen LogP contribution in [0.2, 0.25) is 5.02 Å². The molecular formula is C21H17ClN2O9S. The highest BCUT2D eigenvalue weighted by atomic mass is 35.5. The van der Waals surface area contributed by atoms with Crippen molar-refractivity contribution in [3.05, 3.63) is 74.3 Å². The summed E-state index contributed by atoms with van der Waals surface area (Å²) in [4.78, 5) is 62.0. The number of ketones is 1. The van der Waals surface area contributed by atoms with E-state index in [0.29, 0.717) is 4.90 Å². The van der Waals surface area contributed by atoms with Crippen molar-refractivity contribution >= 4 is 50.7 Å². The molecule has 0 radical (unpaired) electrons. The van der Waals surface area contributed by atoms with Gasteiger partial charge in [-0.1, -0.05) is 29.8 Å². The van der Waals surface area contributed by atoms with Gasteiger partial charge in [0.1, 0.15) is 21.4 Å². The normalized spacial score (nSPS) is 14.0. The molecule has 178 valence electrons. The van der Waals surface area contributed by atoms with E-state index in [1.807, 2.05) is 0 Å². The molecule has 1 aliphatic rings. The number of hydrogen-bond acceptors (Lipinski definition) is 9. The van der Waals surface area contributed by atoms with Gasteiger partial charge in [0.2, 0.25) is 5.78 Å². The fourth-order valence-electron chi connectivity index (χ4n) is 3.40. The summed E-state index contributed by atoms with van der Waals surface area (Å²) in [7, 11) is -3.64. The number of rotatable bonds is 9. The van der Waals surface area contributed by atoms with Crippen molar-refractivity contribution in [2.45, 2.75) is 12.5 Å². The van der Waals surface area contributed by atoms with E-state index in [0.717, 1.165) is 12.3 Å². The lowest BCUT2D eigenvalue weighted by atomic mass is 10.1. The molecule has 2 amide bonds. The second-order valence-electron chi connectivity index (χ2n) is 7.38. The number of carbonyl (C=O) groups excluding carboxylic acids is 4. The summed E-state index contributed by atoms with van der Waals surface area (Å²) in [5.41, 5.74) is -1.38. The van der Waals surface area contributed by atoms with Crippen molar-refractivity contribution in [3.63, 3.8) is 0 Å². The van der Waals surface area contributed by atoms with Crippen LogP contribution >= 0.6 is 11.6 Å². The molecule has 2 aromatic rings. The molecule has 2 aromatic carbocycles. The monoisotopic (exact) mass is 508 g/mol. The van der Waals surface area contributed by atoms with Crippen molar-refractivity contribution in [2.24, 2.45) is 0 Å². The van der Waals surface area contributed by atoms with Crippen LogP contribution in [0.5, 0.6) is 0 Å². The molecule has 0 saturated carbocycles. The molecule has 0 unspecified atom stereocenters. The van der Waals surface area contributed by atoms with E-state index in [1.54, 1.807) is 12.1 Å². The minimum absolute atomic E-state index is 0.0704. The molecule has 1 heterocycles. The fraction of sp³-hybridized carbons (Fsp3) is 0.238. The van der Waals surface area contributed by atoms with Crippen molar-refractivity contribution in [3.8, 4) is 0 Å². The van der Waals surface area contributed by atoms with Crippen LogP contribution in [-0.4, -0.2) is 66.5 Å². The Morgan fingerprint density at radius 2 is 1.79 bits per heavy atom. The summed E-state index contributed by atoms with van der Waals surface area (Å²) in [6, 6.07) is 7.68. The summed E-state index contributed by atoms with van der Waals surface area (Å²) in [6.45, 7) is -0.790. The first-order valence-electron chi connectivity index (χ1n) is 9.69. The van der Waals surface area contributed by atoms with E-state index in [1.165, 1.54) is 24.3 Å². The number of sulfone groups is 1. The molecule has 1 atom stereocenters. The van der Waals surface area contributed by atoms with Gasteiger partial charge >= 0.3 is 5.97 Å². The zero-order valence-corrected chi connectivity index (χ0v) is 19.2.